The Hall–Kier alpha value is -3.38. The summed E-state index contributed by atoms with van der Waals surface area (Å²) < 4.78 is 0. The zero-order chi connectivity index (χ0) is 20.8. The van der Waals surface area contributed by atoms with Gasteiger partial charge in [0.1, 0.15) is 0 Å². The highest BCUT2D eigenvalue weighted by Gasteiger charge is 2.18. The van der Waals surface area contributed by atoms with Gasteiger partial charge in [-0.05, 0) is 99.8 Å². The Morgan fingerprint density at radius 1 is 0.433 bits per heavy atom. The lowest BCUT2D eigenvalue weighted by Crippen LogP contribution is -1.98. The fourth-order valence-corrected chi connectivity index (χ4v) is 4.87. The Kier molecular flexibility index (Phi) is 4.44. The lowest BCUT2D eigenvalue weighted by molar-refractivity contribution is 1.34. The Balaban J connectivity index is 1.91. The first kappa shape index (κ1) is 18.6. The smallest absolute Gasteiger partial charge is 0.00702 e. The number of rotatable bonds is 2. The highest BCUT2D eigenvalue weighted by atomic mass is 14.2. The van der Waals surface area contributed by atoms with Crippen LogP contribution >= 0.6 is 0 Å². The van der Waals surface area contributed by atoms with Gasteiger partial charge >= 0.3 is 0 Å². The molecule has 5 rings (SSSR count). The van der Waals surface area contributed by atoms with E-state index >= 15 is 0 Å². The fraction of sp³-hybridized carbons (Fsp3) is 0.133. The molecule has 0 saturated heterocycles. The van der Waals surface area contributed by atoms with Gasteiger partial charge in [-0.1, -0.05) is 78.9 Å². The van der Waals surface area contributed by atoms with Gasteiger partial charge in [-0.2, -0.15) is 0 Å². The van der Waals surface area contributed by atoms with E-state index in [4.69, 9.17) is 0 Å². The molecule has 0 unspecified atom stereocenters. The topological polar surface area (TPSA) is 0 Å². The Bertz CT molecular complexity index is 1420. The summed E-state index contributed by atoms with van der Waals surface area (Å²) in [5.74, 6) is 0. The third kappa shape index (κ3) is 2.83. The van der Waals surface area contributed by atoms with Crippen molar-refractivity contribution in [3.8, 4) is 22.3 Å². The molecular formula is C30H26. The zero-order valence-corrected chi connectivity index (χ0v) is 18.1. The van der Waals surface area contributed by atoms with Gasteiger partial charge in [-0.15, -0.1) is 0 Å². The van der Waals surface area contributed by atoms with E-state index in [1.165, 1.54) is 66.1 Å². The third-order valence-corrected chi connectivity index (χ3v) is 6.55. The molecule has 0 bridgehead atoms. The van der Waals surface area contributed by atoms with E-state index < -0.39 is 0 Å². The largest absolute Gasteiger partial charge is 0.0620 e. The van der Waals surface area contributed by atoms with Gasteiger partial charge in [0, 0.05) is 0 Å². The summed E-state index contributed by atoms with van der Waals surface area (Å²) in [6, 6.07) is 31.0. The summed E-state index contributed by atoms with van der Waals surface area (Å²) in [5, 5.41) is 5.26. The second kappa shape index (κ2) is 7.15. The van der Waals surface area contributed by atoms with Crippen molar-refractivity contribution in [3.05, 3.63) is 107 Å². The number of benzene rings is 5. The van der Waals surface area contributed by atoms with Gasteiger partial charge in [-0.3, -0.25) is 0 Å². The van der Waals surface area contributed by atoms with E-state index in [9.17, 15) is 0 Å². The van der Waals surface area contributed by atoms with E-state index in [0.29, 0.717) is 0 Å². The van der Waals surface area contributed by atoms with E-state index in [-0.39, 0.29) is 0 Å². The molecular weight excluding hydrogens is 360 g/mol. The van der Waals surface area contributed by atoms with E-state index in [1.54, 1.807) is 0 Å². The number of hydrogen-bond acceptors (Lipinski definition) is 0. The molecule has 0 atom stereocenters. The minimum absolute atomic E-state index is 1.29. The van der Waals surface area contributed by atoms with Crippen LogP contribution in [0.15, 0.2) is 84.9 Å². The van der Waals surface area contributed by atoms with Crippen LogP contribution in [0.2, 0.25) is 0 Å². The summed E-state index contributed by atoms with van der Waals surface area (Å²) in [5.41, 5.74) is 10.8. The molecule has 30 heavy (non-hydrogen) atoms. The van der Waals surface area contributed by atoms with Crippen LogP contribution in [0.5, 0.6) is 0 Å². The quantitative estimate of drug-likeness (QED) is 0.285. The molecule has 0 aliphatic carbocycles. The van der Waals surface area contributed by atoms with Crippen LogP contribution < -0.4 is 0 Å². The van der Waals surface area contributed by atoms with Crippen LogP contribution in [0.3, 0.4) is 0 Å². The molecule has 0 fully saturated rings. The van der Waals surface area contributed by atoms with Crippen LogP contribution in [0.25, 0.3) is 43.8 Å². The summed E-state index contributed by atoms with van der Waals surface area (Å²) in [6.07, 6.45) is 0. The van der Waals surface area contributed by atoms with Gasteiger partial charge in [0.15, 0.2) is 0 Å². The van der Waals surface area contributed by atoms with Crippen LogP contribution in [0.1, 0.15) is 22.3 Å². The van der Waals surface area contributed by atoms with Gasteiger partial charge in [0.2, 0.25) is 0 Å². The standard InChI is InChI=1S/C30H26/c1-19-11-5-8-14-25(19)29-21(3)22(4)30(27-16-10-9-15-26(27)29)28-18-24-13-7-6-12-23(24)17-20(28)2/h5-18H,1-4H3. The lowest BCUT2D eigenvalue weighted by Gasteiger charge is -2.21. The highest BCUT2D eigenvalue weighted by molar-refractivity contribution is 6.09. The Morgan fingerprint density at radius 3 is 1.57 bits per heavy atom. The first-order valence-corrected chi connectivity index (χ1v) is 10.6. The third-order valence-electron chi connectivity index (χ3n) is 6.55. The minimum atomic E-state index is 1.29. The lowest BCUT2D eigenvalue weighted by atomic mass is 9.82. The SMILES string of the molecule is Cc1ccccc1-c1c(C)c(C)c(-c2cc3ccccc3cc2C)c2ccccc12. The van der Waals surface area contributed by atoms with Crippen molar-refractivity contribution in [2.45, 2.75) is 27.7 Å². The molecule has 146 valence electrons. The van der Waals surface area contributed by atoms with Crippen molar-refractivity contribution in [1.29, 1.82) is 0 Å². The van der Waals surface area contributed by atoms with E-state index in [2.05, 4.69) is 113 Å². The zero-order valence-electron chi connectivity index (χ0n) is 18.1. The molecule has 5 aromatic rings. The molecule has 0 heterocycles. The fourth-order valence-electron chi connectivity index (χ4n) is 4.87. The average Bonchev–Trinajstić information content (AvgIpc) is 2.76. The second-order valence-corrected chi connectivity index (χ2v) is 8.37. The molecule has 0 aliphatic rings. The summed E-state index contributed by atoms with van der Waals surface area (Å²) >= 11 is 0. The first-order valence-electron chi connectivity index (χ1n) is 10.6. The van der Waals surface area contributed by atoms with Crippen molar-refractivity contribution < 1.29 is 0 Å². The monoisotopic (exact) mass is 386 g/mol. The predicted octanol–water partition coefficient (Wildman–Crippen LogP) is 8.56. The molecule has 0 heteroatoms. The summed E-state index contributed by atoms with van der Waals surface area (Å²) in [4.78, 5) is 0. The van der Waals surface area contributed by atoms with E-state index in [1.807, 2.05) is 0 Å². The molecule has 0 radical (unpaired) electrons. The molecule has 0 nitrogen and oxygen atoms in total. The van der Waals surface area contributed by atoms with E-state index in [0.717, 1.165) is 0 Å². The molecule has 0 spiro atoms. The maximum absolute atomic E-state index is 2.37. The normalized spacial score (nSPS) is 11.3. The maximum atomic E-state index is 2.37. The van der Waals surface area contributed by atoms with Crippen molar-refractivity contribution in [3.63, 3.8) is 0 Å². The molecule has 0 N–H and O–H groups in total. The predicted molar refractivity (Wildman–Crippen MR) is 131 cm³/mol. The van der Waals surface area contributed by atoms with Crippen LogP contribution in [-0.4, -0.2) is 0 Å². The van der Waals surface area contributed by atoms with Crippen molar-refractivity contribution in [1.82, 2.24) is 0 Å². The first-order chi connectivity index (χ1) is 14.6. The van der Waals surface area contributed by atoms with Gasteiger partial charge < -0.3 is 0 Å². The maximum Gasteiger partial charge on any atom is -0.00702 e. The molecule has 0 amide bonds. The molecule has 0 aliphatic heterocycles. The number of aryl methyl sites for hydroxylation is 2. The van der Waals surface area contributed by atoms with Crippen molar-refractivity contribution in [2.75, 3.05) is 0 Å². The molecule has 5 aromatic carbocycles. The van der Waals surface area contributed by atoms with Crippen LogP contribution in [0, 0.1) is 27.7 Å². The van der Waals surface area contributed by atoms with Crippen molar-refractivity contribution >= 4 is 21.5 Å². The summed E-state index contributed by atoms with van der Waals surface area (Å²) in [7, 11) is 0. The number of fused-ring (bicyclic) bond motifs is 2. The number of hydrogen-bond donors (Lipinski definition) is 0. The van der Waals surface area contributed by atoms with Gasteiger partial charge in [0.05, 0.1) is 0 Å². The summed E-state index contributed by atoms with van der Waals surface area (Å²) in [6.45, 7) is 9.01. The second-order valence-electron chi connectivity index (χ2n) is 8.37. The molecule has 0 aromatic heterocycles. The highest BCUT2D eigenvalue weighted by Crippen LogP contribution is 2.43. The van der Waals surface area contributed by atoms with Crippen LogP contribution in [0.4, 0.5) is 0 Å². The molecule has 0 saturated carbocycles. The van der Waals surface area contributed by atoms with Gasteiger partial charge in [-0.25, -0.2) is 0 Å². The van der Waals surface area contributed by atoms with Gasteiger partial charge in [0.25, 0.3) is 0 Å². The van der Waals surface area contributed by atoms with Crippen LogP contribution in [-0.2, 0) is 0 Å². The Labute approximate surface area is 178 Å². The average molecular weight is 387 g/mol. The Morgan fingerprint density at radius 2 is 0.933 bits per heavy atom. The minimum Gasteiger partial charge on any atom is -0.0620 e. The van der Waals surface area contributed by atoms with Crippen molar-refractivity contribution in [2.24, 2.45) is 0 Å².